The third kappa shape index (κ3) is 3.45. The summed E-state index contributed by atoms with van der Waals surface area (Å²) < 4.78 is 0. The Morgan fingerprint density at radius 1 is 1.18 bits per heavy atom. The van der Waals surface area contributed by atoms with Crippen LogP contribution in [-0.4, -0.2) is 59.9 Å². The highest BCUT2D eigenvalue weighted by molar-refractivity contribution is 5.94. The average molecular weight is 382 g/mol. The zero-order valence-electron chi connectivity index (χ0n) is 16.8. The van der Waals surface area contributed by atoms with Crippen molar-refractivity contribution in [1.29, 1.82) is 0 Å². The van der Waals surface area contributed by atoms with Crippen molar-refractivity contribution in [2.24, 2.45) is 11.8 Å². The van der Waals surface area contributed by atoms with Gasteiger partial charge in [0.2, 0.25) is 5.91 Å². The van der Waals surface area contributed by atoms with Crippen molar-refractivity contribution in [3.63, 3.8) is 0 Å². The standard InChI is InChI=1S/C23H31N3O2/c1-15-7-8-25(13-15)14-22(27)26-20(10-19-11-21(19)26)12-24-23(28)18-6-5-16-3-2-4-17(16)9-18/h5-6,9,15,19-21H,2-4,7-8,10-14H2,1H3,(H,24,28)/t15?,19-,20+,21+/m1/s1. The molecule has 0 bridgehead atoms. The smallest absolute Gasteiger partial charge is 0.251 e. The first-order valence-corrected chi connectivity index (χ1v) is 11.0. The number of fused-ring (bicyclic) bond motifs is 2. The van der Waals surface area contributed by atoms with Gasteiger partial charge >= 0.3 is 0 Å². The molecule has 4 aliphatic rings. The molecule has 3 fully saturated rings. The van der Waals surface area contributed by atoms with Crippen LogP contribution in [0.3, 0.4) is 0 Å². The van der Waals surface area contributed by atoms with E-state index in [1.807, 2.05) is 6.07 Å². The van der Waals surface area contributed by atoms with E-state index < -0.39 is 0 Å². The Morgan fingerprint density at radius 3 is 2.86 bits per heavy atom. The normalized spacial score (nSPS) is 31.0. The number of rotatable bonds is 5. The van der Waals surface area contributed by atoms with E-state index in [4.69, 9.17) is 0 Å². The van der Waals surface area contributed by atoms with Crippen molar-refractivity contribution in [2.45, 2.75) is 57.5 Å². The molecule has 5 nitrogen and oxygen atoms in total. The number of hydrogen-bond donors (Lipinski definition) is 1. The van der Waals surface area contributed by atoms with E-state index in [-0.39, 0.29) is 17.9 Å². The second kappa shape index (κ2) is 7.18. The van der Waals surface area contributed by atoms with Gasteiger partial charge in [0.25, 0.3) is 5.91 Å². The zero-order chi connectivity index (χ0) is 19.3. The van der Waals surface area contributed by atoms with Gasteiger partial charge in [0.15, 0.2) is 0 Å². The third-order valence-electron chi connectivity index (χ3n) is 7.22. The number of nitrogens with zero attached hydrogens (tertiary/aromatic N) is 2. The summed E-state index contributed by atoms with van der Waals surface area (Å²) in [5.74, 6) is 1.61. The predicted octanol–water partition coefficient (Wildman–Crippen LogP) is 2.24. The lowest BCUT2D eigenvalue weighted by molar-refractivity contribution is -0.134. The zero-order valence-corrected chi connectivity index (χ0v) is 16.8. The first-order valence-electron chi connectivity index (χ1n) is 11.0. The summed E-state index contributed by atoms with van der Waals surface area (Å²) in [6, 6.07) is 6.70. The number of carbonyl (C=O) groups is 2. The number of nitrogens with one attached hydrogen (secondary N) is 1. The van der Waals surface area contributed by atoms with E-state index in [9.17, 15) is 9.59 Å². The topological polar surface area (TPSA) is 52.7 Å². The quantitative estimate of drug-likeness (QED) is 0.851. The Labute approximate surface area is 167 Å². The van der Waals surface area contributed by atoms with Crippen molar-refractivity contribution in [2.75, 3.05) is 26.2 Å². The van der Waals surface area contributed by atoms with Crippen molar-refractivity contribution in [3.8, 4) is 0 Å². The number of likely N-dealkylation sites (tertiary alicyclic amines) is 2. The Kier molecular flexibility index (Phi) is 4.66. The fourth-order valence-corrected chi connectivity index (χ4v) is 5.60. The number of hydrogen-bond acceptors (Lipinski definition) is 3. The summed E-state index contributed by atoms with van der Waals surface area (Å²) in [7, 11) is 0. The van der Waals surface area contributed by atoms with Crippen LogP contribution in [0.5, 0.6) is 0 Å². The van der Waals surface area contributed by atoms with Crippen LogP contribution in [0.4, 0.5) is 0 Å². The molecule has 1 aromatic carbocycles. The van der Waals surface area contributed by atoms with Crippen molar-refractivity contribution < 1.29 is 9.59 Å². The van der Waals surface area contributed by atoms with Gasteiger partial charge in [-0.2, -0.15) is 0 Å². The summed E-state index contributed by atoms with van der Waals surface area (Å²) in [6.45, 7) is 5.45. The number of carbonyl (C=O) groups excluding carboxylic acids is 2. The van der Waals surface area contributed by atoms with Crippen LogP contribution in [0.2, 0.25) is 0 Å². The molecule has 2 amide bonds. The molecular weight excluding hydrogens is 350 g/mol. The summed E-state index contributed by atoms with van der Waals surface area (Å²) in [4.78, 5) is 30.0. The van der Waals surface area contributed by atoms with Crippen LogP contribution >= 0.6 is 0 Å². The van der Waals surface area contributed by atoms with E-state index >= 15 is 0 Å². The largest absolute Gasteiger partial charge is 0.350 e. The molecular formula is C23H31N3O2. The fourth-order valence-electron chi connectivity index (χ4n) is 5.60. The lowest BCUT2D eigenvalue weighted by Crippen LogP contribution is -2.48. The molecule has 0 aromatic heterocycles. The maximum absolute atomic E-state index is 13.0. The molecule has 28 heavy (non-hydrogen) atoms. The number of benzene rings is 1. The van der Waals surface area contributed by atoms with Gasteiger partial charge < -0.3 is 10.2 Å². The minimum absolute atomic E-state index is 0.00367. The minimum Gasteiger partial charge on any atom is -0.350 e. The molecule has 0 radical (unpaired) electrons. The molecule has 150 valence electrons. The monoisotopic (exact) mass is 381 g/mol. The van der Waals surface area contributed by atoms with Crippen LogP contribution in [0.15, 0.2) is 18.2 Å². The van der Waals surface area contributed by atoms with Gasteiger partial charge in [-0.1, -0.05) is 13.0 Å². The number of aryl methyl sites for hydroxylation is 2. The van der Waals surface area contributed by atoms with Gasteiger partial charge in [-0.3, -0.25) is 14.5 Å². The highest BCUT2D eigenvalue weighted by atomic mass is 16.2. The second-order valence-corrected chi connectivity index (χ2v) is 9.43. The molecule has 2 saturated heterocycles. The first-order chi connectivity index (χ1) is 13.6. The summed E-state index contributed by atoms with van der Waals surface area (Å²) >= 11 is 0. The predicted molar refractivity (Wildman–Crippen MR) is 108 cm³/mol. The molecule has 1 saturated carbocycles. The van der Waals surface area contributed by atoms with E-state index in [1.54, 1.807) is 0 Å². The lowest BCUT2D eigenvalue weighted by Gasteiger charge is -2.29. The van der Waals surface area contributed by atoms with Crippen LogP contribution in [0, 0.1) is 11.8 Å². The lowest BCUT2D eigenvalue weighted by atomic mass is 10.1. The van der Waals surface area contributed by atoms with Crippen LogP contribution in [0.25, 0.3) is 0 Å². The maximum Gasteiger partial charge on any atom is 0.251 e. The third-order valence-corrected chi connectivity index (χ3v) is 7.22. The molecule has 5 rings (SSSR count). The Balaban J connectivity index is 1.19. The van der Waals surface area contributed by atoms with Crippen molar-refractivity contribution >= 4 is 11.8 Å². The van der Waals surface area contributed by atoms with Gasteiger partial charge in [0.1, 0.15) is 0 Å². The average Bonchev–Trinajstić information content (AvgIpc) is 3.04. The van der Waals surface area contributed by atoms with Gasteiger partial charge in [-0.25, -0.2) is 0 Å². The number of amides is 2. The molecule has 5 heteroatoms. The van der Waals surface area contributed by atoms with Crippen LogP contribution in [-0.2, 0) is 17.6 Å². The number of piperidine rings is 1. The Hall–Kier alpha value is -1.88. The van der Waals surface area contributed by atoms with Gasteiger partial charge in [-0.15, -0.1) is 0 Å². The van der Waals surface area contributed by atoms with E-state index in [1.165, 1.54) is 24.0 Å². The molecule has 1 unspecified atom stereocenters. The Morgan fingerprint density at radius 2 is 2.04 bits per heavy atom. The molecule has 2 aliphatic heterocycles. The molecule has 4 atom stereocenters. The van der Waals surface area contributed by atoms with Crippen LogP contribution in [0.1, 0.15) is 54.1 Å². The molecule has 0 spiro atoms. The SMILES string of the molecule is CC1CCN(CC(=O)N2[C@H](CNC(=O)c3ccc4c(c3)CCC4)C[C@@H]3C[C@@H]32)C1. The summed E-state index contributed by atoms with van der Waals surface area (Å²) in [5.41, 5.74) is 3.47. The molecule has 1 N–H and O–H groups in total. The van der Waals surface area contributed by atoms with Crippen LogP contribution < -0.4 is 5.32 Å². The van der Waals surface area contributed by atoms with E-state index in [0.29, 0.717) is 31.0 Å². The van der Waals surface area contributed by atoms with Gasteiger partial charge in [0.05, 0.1) is 6.54 Å². The fraction of sp³-hybridized carbons (Fsp3) is 0.652. The first kappa shape index (κ1) is 18.2. The highest BCUT2D eigenvalue weighted by Crippen LogP contribution is 2.47. The minimum atomic E-state index is -0.00367. The van der Waals surface area contributed by atoms with E-state index in [2.05, 4.69) is 34.2 Å². The van der Waals surface area contributed by atoms with Gasteiger partial charge in [0, 0.05) is 30.7 Å². The van der Waals surface area contributed by atoms with E-state index in [0.717, 1.165) is 44.3 Å². The summed E-state index contributed by atoms with van der Waals surface area (Å²) in [6.07, 6.45) is 6.79. The maximum atomic E-state index is 13.0. The summed E-state index contributed by atoms with van der Waals surface area (Å²) in [5, 5.41) is 3.11. The van der Waals surface area contributed by atoms with Crippen molar-refractivity contribution in [3.05, 3.63) is 34.9 Å². The molecule has 1 aromatic rings. The molecule has 2 aliphatic carbocycles. The Bertz CT molecular complexity index is 792. The van der Waals surface area contributed by atoms with Gasteiger partial charge in [-0.05, 0) is 80.2 Å². The second-order valence-electron chi connectivity index (χ2n) is 9.43. The highest BCUT2D eigenvalue weighted by Gasteiger charge is 2.53. The molecule has 2 heterocycles. The van der Waals surface area contributed by atoms with Crippen molar-refractivity contribution in [1.82, 2.24) is 15.1 Å².